The fourth-order valence-electron chi connectivity index (χ4n) is 1.19. The lowest BCUT2D eigenvalue weighted by atomic mass is 10.2. The van der Waals surface area contributed by atoms with E-state index in [0.29, 0.717) is 5.57 Å². The number of aliphatic carboxylic acids is 1. The lowest BCUT2D eigenvalue weighted by Gasteiger charge is -2.11. The zero-order valence-corrected chi connectivity index (χ0v) is 11.1. The summed E-state index contributed by atoms with van der Waals surface area (Å²) in [7, 11) is 2.94. The molecular formula is C10H20O4Si. The van der Waals surface area contributed by atoms with Crippen molar-refractivity contribution in [2.45, 2.75) is 31.7 Å². The van der Waals surface area contributed by atoms with Crippen molar-refractivity contribution in [3.8, 4) is 0 Å². The lowest BCUT2D eigenvalue weighted by molar-refractivity contribution is -0.132. The van der Waals surface area contributed by atoms with E-state index in [9.17, 15) is 4.79 Å². The van der Waals surface area contributed by atoms with E-state index in [-0.39, 0.29) is 15.4 Å². The van der Waals surface area contributed by atoms with Crippen LogP contribution in [0.1, 0.15) is 19.8 Å². The van der Waals surface area contributed by atoms with E-state index < -0.39 is 5.97 Å². The molecule has 0 aliphatic carbocycles. The summed E-state index contributed by atoms with van der Waals surface area (Å²) in [6, 6.07) is 1.11. The van der Waals surface area contributed by atoms with Crippen LogP contribution in [-0.4, -0.2) is 40.7 Å². The van der Waals surface area contributed by atoms with Crippen molar-refractivity contribution >= 4 is 15.5 Å². The summed E-state index contributed by atoms with van der Waals surface area (Å²) >= 11 is 0. The van der Waals surface area contributed by atoms with E-state index in [1.54, 1.807) is 27.2 Å². The second-order valence-corrected chi connectivity index (χ2v) is 5.33. The van der Waals surface area contributed by atoms with Crippen molar-refractivity contribution in [1.29, 1.82) is 0 Å². The van der Waals surface area contributed by atoms with Gasteiger partial charge in [0.05, 0.1) is 9.52 Å². The van der Waals surface area contributed by atoms with Gasteiger partial charge in [-0.05, 0) is 13.3 Å². The molecule has 5 heteroatoms. The molecule has 0 rings (SSSR count). The SMILES string of the molecule is COC(OC)[SiH2]CCC/C=C(\C)C(=O)O. The Morgan fingerprint density at radius 2 is 2.07 bits per heavy atom. The number of allylic oxidation sites excluding steroid dienone is 1. The Hall–Kier alpha value is -0.653. The molecule has 0 atom stereocenters. The van der Waals surface area contributed by atoms with Crippen molar-refractivity contribution in [3.05, 3.63) is 11.6 Å². The van der Waals surface area contributed by atoms with Gasteiger partial charge in [0, 0.05) is 19.8 Å². The number of carboxylic acids is 1. The maximum atomic E-state index is 10.5. The zero-order valence-electron chi connectivity index (χ0n) is 9.66. The molecule has 0 unspecified atom stereocenters. The van der Waals surface area contributed by atoms with Gasteiger partial charge in [-0.25, -0.2) is 4.79 Å². The molecule has 0 radical (unpaired) electrons. The maximum absolute atomic E-state index is 10.5. The summed E-state index contributed by atoms with van der Waals surface area (Å²) in [4.78, 5) is 10.5. The first-order chi connectivity index (χ1) is 7.11. The van der Waals surface area contributed by atoms with Gasteiger partial charge >= 0.3 is 5.97 Å². The Kier molecular flexibility index (Phi) is 8.26. The molecule has 0 aromatic carbocycles. The molecule has 0 aromatic rings. The Balaban J connectivity index is 3.55. The molecule has 0 aliphatic heterocycles. The zero-order chi connectivity index (χ0) is 11.7. The van der Waals surface area contributed by atoms with Gasteiger partial charge in [-0.15, -0.1) is 0 Å². The van der Waals surface area contributed by atoms with E-state index in [0.717, 1.165) is 18.9 Å². The molecule has 0 spiro atoms. The molecule has 0 amide bonds. The predicted octanol–water partition coefficient (Wildman–Crippen LogP) is 0.961. The van der Waals surface area contributed by atoms with Crippen LogP contribution in [0.15, 0.2) is 11.6 Å². The van der Waals surface area contributed by atoms with E-state index in [2.05, 4.69) is 0 Å². The summed E-state index contributed by atoms with van der Waals surface area (Å²) in [5.41, 5.74) is 0.423. The van der Waals surface area contributed by atoms with Crippen LogP contribution in [0.4, 0.5) is 0 Å². The number of hydrogen-bond donors (Lipinski definition) is 1. The van der Waals surface area contributed by atoms with Gasteiger partial charge in [0.2, 0.25) is 0 Å². The minimum absolute atomic E-state index is 0.00505. The van der Waals surface area contributed by atoms with Gasteiger partial charge in [0.15, 0.2) is 0 Å². The smallest absolute Gasteiger partial charge is 0.330 e. The van der Waals surface area contributed by atoms with Crippen LogP contribution in [0, 0.1) is 0 Å². The van der Waals surface area contributed by atoms with Gasteiger partial charge in [-0.2, -0.15) is 0 Å². The second-order valence-electron chi connectivity index (χ2n) is 3.38. The molecule has 88 valence electrons. The van der Waals surface area contributed by atoms with Crippen molar-refractivity contribution in [3.63, 3.8) is 0 Å². The van der Waals surface area contributed by atoms with Crippen LogP contribution in [0.5, 0.6) is 0 Å². The van der Waals surface area contributed by atoms with Crippen LogP contribution >= 0.6 is 0 Å². The molecule has 15 heavy (non-hydrogen) atoms. The molecule has 0 heterocycles. The summed E-state index contributed by atoms with van der Waals surface area (Å²) in [5, 5.41) is 8.60. The fourth-order valence-corrected chi connectivity index (χ4v) is 2.58. The monoisotopic (exact) mass is 232 g/mol. The van der Waals surface area contributed by atoms with E-state index in [1.165, 1.54) is 0 Å². The molecular weight excluding hydrogens is 212 g/mol. The lowest BCUT2D eigenvalue weighted by Crippen LogP contribution is -2.20. The van der Waals surface area contributed by atoms with Crippen molar-refractivity contribution in [2.75, 3.05) is 14.2 Å². The van der Waals surface area contributed by atoms with E-state index >= 15 is 0 Å². The number of ether oxygens (including phenoxy) is 2. The molecule has 0 bridgehead atoms. The van der Waals surface area contributed by atoms with Gasteiger partial charge in [-0.3, -0.25) is 0 Å². The first-order valence-electron chi connectivity index (χ1n) is 5.07. The first kappa shape index (κ1) is 14.3. The molecule has 1 N–H and O–H groups in total. The minimum atomic E-state index is -0.834. The van der Waals surface area contributed by atoms with E-state index in [4.69, 9.17) is 14.6 Å². The fraction of sp³-hybridized carbons (Fsp3) is 0.700. The van der Waals surface area contributed by atoms with Gasteiger partial charge in [0.1, 0.15) is 5.91 Å². The molecule has 0 aliphatic rings. The van der Waals surface area contributed by atoms with Crippen molar-refractivity contribution in [1.82, 2.24) is 0 Å². The Morgan fingerprint density at radius 3 is 2.53 bits per heavy atom. The van der Waals surface area contributed by atoms with Crippen LogP contribution in [-0.2, 0) is 14.3 Å². The predicted molar refractivity (Wildman–Crippen MR) is 61.8 cm³/mol. The highest BCUT2D eigenvalue weighted by molar-refractivity contribution is 6.36. The largest absolute Gasteiger partial charge is 0.478 e. The van der Waals surface area contributed by atoms with Crippen LogP contribution < -0.4 is 0 Å². The summed E-state index contributed by atoms with van der Waals surface area (Å²) in [6.45, 7) is 1.62. The second kappa shape index (κ2) is 8.64. The topological polar surface area (TPSA) is 55.8 Å². The number of hydrogen-bond acceptors (Lipinski definition) is 3. The number of rotatable bonds is 8. The third kappa shape index (κ3) is 7.30. The standard InChI is InChI=1S/C10H20O4Si/c1-8(9(11)12)6-4-5-7-15-10(13-2)14-3/h6,10H,4-5,7,15H2,1-3H3,(H,11,12)/b8-6+. The average Bonchev–Trinajstić information content (AvgIpc) is 2.23. The molecule has 4 nitrogen and oxygen atoms in total. The van der Waals surface area contributed by atoms with Gasteiger partial charge < -0.3 is 14.6 Å². The highest BCUT2D eigenvalue weighted by Crippen LogP contribution is 2.03. The molecule has 0 saturated heterocycles. The van der Waals surface area contributed by atoms with Crippen molar-refractivity contribution in [2.24, 2.45) is 0 Å². The quantitative estimate of drug-likeness (QED) is 0.293. The third-order valence-electron chi connectivity index (χ3n) is 2.21. The number of methoxy groups -OCH3 is 2. The minimum Gasteiger partial charge on any atom is -0.478 e. The maximum Gasteiger partial charge on any atom is 0.330 e. The van der Waals surface area contributed by atoms with E-state index in [1.807, 2.05) is 0 Å². The van der Waals surface area contributed by atoms with Crippen molar-refractivity contribution < 1.29 is 19.4 Å². The third-order valence-corrected chi connectivity index (χ3v) is 4.25. The normalized spacial score (nSPS) is 12.9. The average molecular weight is 232 g/mol. The Morgan fingerprint density at radius 1 is 1.47 bits per heavy atom. The highest BCUT2D eigenvalue weighted by Gasteiger charge is 2.04. The summed E-state index contributed by atoms with van der Waals surface area (Å²) in [6.07, 6.45) is 3.61. The molecule has 0 fully saturated rings. The summed E-state index contributed by atoms with van der Waals surface area (Å²) in [5.74, 6) is -0.839. The molecule has 0 saturated carbocycles. The number of carbonyl (C=O) groups is 1. The van der Waals surface area contributed by atoms with Crippen LogP contribution in [0.3, 0.4) is 0 Å². The number of carboxylic acid groups (broad SMARTS) is 1. The first-order valence-corrected chi connectivity index (χ1v) is 6.89. The van der Waals surface area contributed by atoms with Crippen LogP contribution in [0.25, 0.3) is 0 Å². The van der Waals surface area contributed by atoms with Gasteiger partial charge in [-0.1, -0.05) is 18.5 Å². The molecule has 0 aromatic heterocycles. The highest BCUT2D eigenvalue weighted by atomic mass is 28.2. The number of unbranched alkanes of at least 4 members (excludes halogenated alkanes) is 1. The van der Waals surface area contributed by atoms with Gasteiger partial charge in [0.25, 0.3) is 0 Å². The Bertz CT molecular complexity index is 211. The van der Waals surface area contributed by atoms with Crippen LogP contribution in [0.2, 0.25) is 6.04 Å². The summed E-state index contributed by atoms with van der Waals surface area (Å²) < 4.78 is 10.2. The Labute approximate surface area is 93.1 Å².